The van der Waals surface area contributed by atoms with Crippen LogP contribution in [-0.2, 0) is 0 Å². The van der Waals surface area contributed by atoms with Gasteiger partial charge in [-0.2, -0.15) is 4.98 Å². The summed E-state index contributed by atoms with van der Waals surface area (Å²) >= 11 is 0. The highest BCUT2D eigenvalue weighted by atomic mass is 16.6. The van der Waals surface area contributed by atoms with E-state index in [9.17, 15) is 10.1 Å². The van der Waals surface area contributed by atoms with Crippen LogP contribution in [0.3, 0.4) is 0 Å². The van der Waals surface area contributed by atoms with Gasteiger partial charge >= 0.3 is 5.69 Å². The molecule has 1 rings (SSSR count). The van der Waals surface area contributed by atoms with Gasteiger partial charge in [-0.15, -0.1) is 0 Å². The van der Waals surface area contributed by atoms with E-state index >= 15 is 0 Å². The topological polar surface area (TPSA) is 133 Å². The molecule has 0 saturated heterocycles. The van der Waals surface area contributed by atoms with Gasteiger partial charge in [0, 0.05) is 13.1 Å². The van der Waals surface area contributed by atoms with E-state index in [4.69, 9.17) is 10.2 Å². The van der Waals surface area contributed by atoms with Crippen LogP contribution in [0.25, 0.3) is 0 Å². The molecular weight excluding hydrogens is 242 g/mol. The smallest absolute Gasteiger partial charge is 0.332 e. The second-order valence-electron chi connectivity index (χ2n) is 3.39. The fourth-order valence-corrected chi connectivity index (χ4v) is 1.33. The Balaban J connectivity index is 3.06. The van der Waals surface area contributed by atoms with E-state index < -0.39 is 4.92 Å². The predicted molar refractivity (Wildman–Crippen MR) is 64.6 cm³/mol. The number of nitrogens with zero attached hydrogens (tertiary/aromatic N) is 3. The number of aliphatic hydroxyl groups excluding tert-OH is 2. The van der Waals surface area contributed by atoms with E-state index in [2.05, 4.69) is 20.6 Å². The fraction of sp³-hybridized carbons (Fsp3) is 0.556. The van der Waals surface area contributed by atoms with Crippen LogP contribution in [0, 0.1) is 17.0 Å². The van der Waals surface area contributed by atoms with E-state index in [1.54, 1.807) is 0 Å². The first-order chi connectivity index (χ1) is 8.60. The van der Waals surface area contributed by atoms with Crippen LogP contribution < -0.4 is 10.6 Å². The van der Waals surface area contributed by atoms with Crippen LogP contribution in [0.5, 0.6) is 0 Å². The molecule has 0 aliphatic heterocycles. The number of nitrogens with one attached hydrogen (secondary N) is 2. The average molecular weight is 257 g/mol. The molecule has 0 atom stereocenters. The Kier molecular flexibility index (Phi) is 5.21. The molecule has 100 valence electrons. The zero-order valence-electron chi connectivity index (χ0n) is 9.88. The van der Waals surface area contributed by atoms with E-state index in [0.717, 1.165) is 0 Å². The third kappa shape index (κ3) is 3.50. The van der Waals surface area contributed by atoms with Crippen LogP contribution in [0.15, 0.2) is 0 Å². The maximum Gasteiger partial charge on any atom is 0.332 e. The first-order valence-electron chi connectivity index (χ1n) is 5.32. The summed E-state index contributed by atoms with van der Waals surface area (Å²) in [5.74, 6) is 0.231. The molecule has 9 heteroatoms. The third-order valence-electron chi connectivity index (χ3n) is 2.04. The Morgan fingerprint density at radius 3 is 2.39 bits per heavy atom. The zero-order chi connectivity index (χ0) is 13.5. The third-order valence-corrected chi connectivity index (χ3v) is 2.04. The highest BCUT2D eigenvalue weighted by Gasteiger charge is 2.21. The molecule has 18 heavy (non-hydrogen) atoms. The number of aryl methyl sites for hydroxylation is 1. The number of rotatable bonds is 7. The quantitative estimate of drug-likeness (QED) is 0.379. The minimum absolute atomic E-state index is 0.0435. The highest BCUT2D eigenvalue weighted by molar-refractivity contribution is 5.60. The molecule has 4 N–H and O–H groups in total. The lowest BCUT2D eigenvalue weighted by atomic mass is 10.3. The summed E-state index contributed by atoms with van der Waals surface area (Å²) in [6.45, 7) is 1.62. The van der Waals surface area contributed by atoms with Crippen LogP contribution in [0.4, 0.5) is 17.5 Å². The molecule has 0 aliphatic rings. The maximum atomic E-state index is 10.9. The molecule has 0 spiro atoms. The summed E-state index contributed by atoms with van der Waals surface area (Å²) in [6.07, 6.45) is 0. The molecular formula is C9H15N5O4. The average Bonchev–Trinajstić information content (AvgIpc) is 2.32. The minimum Gasteiger partial charge on any atom is -0.395 e. The molecule has 0 unspecified atom stereocenters. The molecule has 9 nitrogen and oxygen atoms in total. The second-order valence-corrected chi connectivity index (χ2v) is 3.39. The Morgan fingerprint density at radius 2 is 1.83 bits per heavy atom. The van der Waals surface area contributed by atoms with Crippen LogP contribution >= 0.6 is 0 Å². The Hall–Kier alpha value is -2.00. The number of aromatic nitrogens is 2. The van der Waals surface area contributed by atoms with Crippen molar-refractivity contribution >= 4 is 17.5 Å². The normalized spacial score (nSPS) is 10.2. The molecule has 0 amide bonds. The van der Waals surface area contributed by atoms with Crippen molar-refractivity contribution in [3.63, 3.8) is 0 Å². The summed E-state index contributed by atoms with van der Waals surface area (Å²) in [5, 5.41) is 33.7. The van der Waals surface area contributed by atoms with Crippen molar-refractivity contribution in [3.05, 3.63) is 15.8 Å². The number of anilines is 2. The first-order valence-corrected chi connectivity index (χ1v) is 5.32. The zero-order valence-corrected chi connectivity index (χ0v) is 9.88. The summed E-state index contributed by atoms with van der Waals surface area (Å²) in [4.78, 5) is 18.2. The van der Waals surface area contributed by atoms with Crippen molar-refractivity contribution in [1.29, 1.82) is 0 Å². The number of hydrogen-bond acceptors (Lipinski definition) is 8. The molecule has 0 radical (unpaired) electrons. The van der Waals surface area contributed by atoms with Gasteiger partial charge < -0.3 is 20.8 Å². The van der Waals surface area contributed by atoms with E-state index in [1.807, 2.05) is 0 Å². The molecule has 0 aromatic carbocycles. The highest BCUT2D eigenvalue weighted by Crippen LogP contribution is 2.26. The van der Waals surface area contributed by atoms with Crippen molar-refractivity contribution in [3.8, 4) is 0 Å². The van der Waals surface area contributed by atoms with Crippen molar-refractivity contribution in [2.75, 3.05) is 36.9 Å². The van der Waals surface area contributed by atoms with Crippen molar-refractivity contribution in [2.24, 2.45) is 0 Å². The molecule has 1 heterocycles. The van der Waals surface area contributed by atoms with Gasteiger partial charge in [0.2, 0.25) is 11.8 Å². The standard InChI is InChI=1S/C9H15N5O4/c1-6-7(14(17)18)8(10-2-4-15)13-9(12-6)11-3-5-16/h15-16H,2-5H2,1H3,(H2,10,11,12,13). The van der Waals surface area contributed by atoms with Crippen LogP contribution in [-0.4, -0.2) is 51.4 Å². The second kappa shape index (κ2) is 6.67. The molecule has 0 aliphatic carbocycles. The van der Waals surface area contributed by atoms with Crippen LogP contribution in [0.1, 0.15) is 5.69 Å². The Labute approximate surface area is 103 Å². The number of nitro groups is 1. The van der Waals surface area contributed by atoms with Gasteiger partial charge in [-0.1, -0.05) is 0 Å². The SMILES string of the molecule is Cc1nc(NCCO)nc(NCCO)c1[N+](=O)[O-]. The van der Waals surface area contributed by atoms with Crippen molar-refractivity contribution < 1.29 is 15.1 Å². The molecule has 1 aromatic rings. The summed E-state index contributed by atoms with van der Waals surface area (Å²) in [5.41, 5.74) is -0.0196. The van der Waals surface area contributed by atoms with Crippen molar-refractivity contribution in [1.82, 2.24) is 9.97 Å². The van der Waals surface area contributed by atoms with Gasteiger partial charge in [0.25, 0.3) is 0 Å². The summed E-state index contributed by atoms with van der Waals surface area (Å²) in [6, 6.07) is 0. The lowest BCUT2D eigenvalue weighted by Gasteiger charge is -2.09. The van der Waals surface area contributed by atoms with Gasteiger partial charge in [0.05, 0.1) is 18.1 Å². The number of aliphatic hydroxyl groups is 2. The molecule has 1 aromatic heterocycles. The van der Waals surface area contributed by atoms with Gasteiger partial charge in [0.15, 0.2) is 0 Å². The largest absolute Gasteiger partial charge is 0.395 e. The summed E-state index contributed by atoms with van der Waals surface area (Å²) < 4.78 is 0. The molecule has 0 bridgehead atoms. The first kappa shape index (κ1) is 14.1. The minimum atomic E-state index is -0.579. The Morgan fingerprint density at radius 1 is 1.22 bits per heavy atom. The maximum absolute atomic E-state index is 10.9. The van der Waals surface area contributed by atoms with Gasteiger partial charge in [0.1, 0.15) is 5.69 Å². The van der Waals surface area contributed by atoms with Crippen LogP contribution in [0.2, 0.25) is 0 Å². The fourth-order valence-electron chi connectivity index (χ4n) is 1.33. The van der Waals surface area contributed by atoms with E-state index in [1.165, 1.54) is 6.92 Å². The summed E-state index contributed by atoms with van der Waals surface area (Å²) in [7, 11) is 0. The van der Waals surface area contributed by atoms with Gasteiger partial charge in [-0.25, -0.2) is 4.98 Å². The predicted octanol–water partition coefficient (Wildman–Crippen LogP) is -0.498. The van der Waals surface area contributed by atoms with Gasteiger partial charge in [-0.3, -0.25) is 10.1 Å². The lowest BCUT2D eigenvalue weighted by Crippen LogP contribution is -2.14. The Bertz CT molecular complexity index is 426. The number of hydrogen-bond donors (Lipinski definition) is 4. The van der Waals surface area contributed by atoms with Gasteiger partial charge in [-0.05, 0) is 6.92 Å². The lowest BCUT2D eigenvalue weighted by molar-refractivity contribution is -0.385. The van der Waals surface area contributed by atoms with E-state index in [-0.39, 0.29) is 49.5 Å². The molecule has 0 saturated carbocycles. The van der Waals surface area contributed by atoms with Crippen molar-refractivity contribution in [2.45, 2.75) is 6.92 Å². The van der Waals surface area contributed by atoms with E-state index in [0.29, 0.717) is 0 Å². The molecule has 0 fully saturated rings. The monoisotopic (exact) mass is 257 g/mol.